The number of esters is 1. The average molecular weight is 512 g/mol. The molecule has 35 heavy (non-hydrogen) atoms. The van der Waals surface area contributed by atoms with Crippen LogP contribution in [0.1, 0.15) is 73.1 Å². The number of carbonyl (C=O) groups excluding carboxylic acids is 2. The zero-order valence-corrected chi connectivity index (χ0v) is 22.6. The minimum atomic E-state index is -2.08. The van der Waals surface area contributed by atoms with Gasteiger partial charge in [0.15, 0.2) is 17.5 Å². The first kappa shape index (κ1) is 28.3. The molecule has 0 aromatic heterocycles. The summed E-state index contributed by atoms with van der Waals surface area (Å²) in [5, 5.41) is 23.7. The van der Waals surface area contributed by atoms with Crippen molar-refractivity contribution in [2.24, 2.45) is 10.8 Å². The zero-order chi connectivity index (χ0) is 25.2. The van der Waals surface area contributed by atoms with E-state index in [4.69, 9.17) is 9.47 Å². The van der Waals surface area contributed by atoms with E-state index < -0.39 is 51.6 Å². The molecule has 0 bridgehead atoms. The molecule has 0 amide bonds. The van der Waals surface area contributed by atoms with Crippen LogP contribution < -0.4 is 0 Å². The predicted octanol–water partition coefficient (Wildman–Crippen LogP) is 3.36. The Morgan fingerprint density at radius 2 is 1.86 bits per heavy atom. The van der Waals surface area contributed by atoms with Crippen molar-refractivity contribution >= 4 is 24.2 Å². The molecule has 2 aliphatic heterocycles. The van der Waals surface area contributed by atoms with Gasteiger partial charge in [-0.3, -0.25) is 14.5 Å². The Hall–Kier alpha value is -1.25. The van der Waals surface area contributed by atoms with Crippen LogP contribution in [0.3, 0.4) is 0 Å². The van der Waals surface area contributed by atoms with Gasteiger partial charge in [-0.15, -0.1) is 19.0 Å². The first-order chi connectivity index (χ1) is 15.7. The van der Waals surface area contributed by atoms with Crippen LogP contribution in [0.15, 0.2) is 24.3 Å². The van der Waals surface area contributed by atoms with E-state index in [1.165, 1.54) is 0 Å². The van der Waals surface area contributed by atoms with Gasteiger partial charge in [-0.2, -0.15) is 0 Å². The molecular formula is C27H42ClNO6. The number of hydrogen-bond donors (Lipinski definition) is 2. The highest BCUT2D eigenvalue weighted by molar-refractivity contribution is 5.93. The van der Waals surface area contributed by atoms with E-state index in [0.29, 0.717) is 12.8 Å². The third-order valence-corrected chi connectivity index (χ3v) is 9.18. The van der Waals surface area contributed by atoms with E-state index in [1.54, 1.807) is 26.8 Å². The summed E-state index contributed by atoms with van der Waals surface area (Å²) in [4.78, 5) is 29.0. The second-order valence-corrected chi connectivity index (χ2v) is 12.0. The highest BCUT2D eigenvalue weighted by Gasteiger charge is 2.76. The normalized spacial score (nSPS) is 43.2. The smallest absolute Gasteiger partial charge is 0.320 e. The van der Waals surface area contributed by atoms with Crippen LogP contribution in [-0.2, 0) is 19.1 Å². The SMILES string of the molecule is C=C[C@@]1(C)CC(=O)[C@@]2(O)[C@](C)(O1)[C@@H](OC(=O)CN1CCCCC1)C=C1C(C)(C)CC[C@H](O)[C@@]12C.Cl. The van der Waals surface area contributed by atoms with Crippen LogP contribution in [0.25, 0.3) is 0 Å². The van der Waals surface area contributed by atoms with Crippen molar-refractivity contribution in [2.75, 3.05) is 19.6 Å². The fourth-order valence-electron chi connectivity index (χ4n) is 7.07. The van der Waals surface area contributed by atoms with Gasteiger partial charge in [-0.25, -0.2) is 0 Å². The number of Topliss-reactive ketones (excluding diaryl/α,β-unsaturated/α-hetero) is 1. The summed E-state index contributed by atoms with van der Waals surface area (Å²) in [6, 6.07) is 0. The van der Waals surface area contributed by atoms with Crippen molar-refractivity contribution in [1.82, 2.24) is 4.90 Å². The number of piperidine rings is 1. The molecule has 1 saturated carbocycles. The maximum Gasteiger partial charge on any atom is 0.320 e. The predicted molar refractivity (Wildman–Crippen MR) is 135 cm³/mol. The van der Waals surface area contributed by atoms with Gasteiger partial charge in [-0.05, 0) is 71.0 Å². The zero-order valence-electron chi connectivity index (χ0n) is 21.8. The standard InChI is InChI=1S/C27H41NO6.ClH/c1-7-24(4)16-20(30)27(32)25(5)18(23(2,3)12-11-19(25)29)15-21(26(27,6)34-24)33-22(31)17-28-13-9-8-10-14-28;/h7,15,19,21,29,32H,1,8-14,16-17H2,2-6H3;1H/t19-,21-,24-,25+,26+,27-;/m0./s1. The number of aliphatic hydroxyl groups excluding tert-OH is 1. The number of likely N-dealkylation sites (tertiary alicyclic amines) is 1. The summed E-state index contributed by atoms with van der Waals surface area (Å²) in [5.74, 6) is -0.836. The Bertz CT molecular complexity index is 913. The van der Waals surface area contributed by atoms with E-state index in [1.807, 2.05) is 19.9 Å². The lowest BCUT2D eigenvalue weighted by atomic mass is 9.44. The molecule has 0 unspecified atom stereocenters. The van der Waals surface area contributed by atoms with Crippen LogP contribution in [0.2, 0.25) is 0 Å². The molecule has 4 aliphatic rings. The second kappa shape index (κ2) is 9.25. The third kappa shape index (κ3) is 4.11. The van der Waals surface area contributed by atoms with Gasteiger partial charge in [-0.1, -0.05) is 31.9 Å². The first-order valence-electron chi connectivity index (χ1n) is 12.7. The lowest BCUT2D eigenvalue weighted by Crippen LogP contribution is -2.81. The summed E-state index contributed by atoms with van der Waals surface area (Å²) >= 11 is 0. The van der Waals surface area contributed by atoms with Gasteiger partial charge in [0.2, 0.25) is 0 Å². The molecule has 8 heteroatoms. The van der Waals surface area contributed by atoms with Crippen molar-refractivity contribution in [1.29, 1.82) is 0 Å². The molecule has 2 aliphatic carbocycles. The molecule has 198 valence electrons. The molecule has 4 rings (SSSR count). The van der Waals surface area contributed by atoms with Gasteiger partial charge in [0.25, 0.3) is 0 Å². The minimum absolute atomic E-state index is 0. The number of ether oxygens (including phenoxy) is 2. The molecule has 2 saturated heterocycles. The Morgan fingerprint density at radius 3 is 2.46 bits per heavy atom. The number of aliphatic hydroxyl groups is 2. The second-order valence-electron chi connectivity index (χ2n) is 12.0. The Balaban J connectivity index is 0.00000342. The van der Waals surface area contributed by atoms with Crippen LogP contribution in [0, 0.1) is 10.8 Å². The van der Waals surface area contributed by atoms with Crippen LogP contribution in [-0.4, -0.2) is 75.5 Å². The van der Waals surface area contributed by atoms with E-state index in [-0.39, 0.29) is 25.4 Å². The van der Waals surface area contributed by atoms with Crippen molar-refractivity contribution in [3.05, 3.63) is 24.3 Å². The molecule has 0 aromatic carbocycles. The van der Waals surface area contributed by atoms with E-state index >= 15 is 0 Å². The molecule has 6 atom stereocenters. The van der Waals surface area contributed by atoms with Gasteiger partial charge in [0, 0.05) is 6.42 Å². The maximum atomic E-state index is 13.8. The van der Waals surface area contributed by atoms with Crippen LogP contribution in [0.4, 0.5) is 0 Å². The van der Waals surface area contributed by atoms with Crippen molar-refractivity contribution in [2.45, 2.75) is 102 Å². The van der Waals surface area contributed by atoms with Gasteiger partial charge in [0.1, 0.15) is 5.60 Å². The van der Waals surface area contributed by atoms with Crippen molar-refractivity contribution in [3.8, 4) is 0 Å². The summed E-state index contributed by atoms with van der Waals surface area (Å²) in [7, 11) is 0. The Kier molecular flexibility index (Phi) is 7.48. The average Bonchev–Trinajstić information content (AvgIpc) is 2.76. The van der Waals surface area contributed by atoms with Crippen molar-refractivity contribution < 1.29 is 29.3 Å². The maximum absolute atomic E-state index is 13.8. The van der Waals surface area contributed by atoms with Gasteiger partial charge >= 0.3 is 5.97 Å². The van der Waals surface area contributed by atoms with E-state index in [2.05, 4.69) is 11.5 Å². The fourth-order valence-corrected chi connectivity index (χ4v) is 7.07. The molecule has 3 fully saturated rings. The minimum Gasteiger partial charge on any atom is -0.454 e. The van der Waals surface area contributed by atoms with Crippen LogP contribution in [0.5, 0.6) is 0 Å². The number of carbonyl (C=O) groups is 2. The summed E-state index contributed by atoms with van der Waals surface area (Å²) < 4.78 is 12.5. The molecule has 0 radical (unpaired) electrons. The van der Waals surface area contributed by atoms with E-state index in [9.17, 15) is 19.8 Å². The largest absolute Gasteiger partial charge is 0.454 e. The number of fused-ring (bicyclic) bond motifs is 3. The molecular weight excluding hydrogens is 470 g/mol. The highest BCUT2D eigenvalue weighted by atomic mass is 35.5. The Labute approximate surface area is 215 Å². The quantitative estimate of drug-likeness (QED) is 0.441. The summed E-state index contributed by atoms with van der Waals surface area (Å²) in [6.07, 6.45) is 5.80. The first-order valence-corrected chi connectivity index (χ1v) is 12.7. The lowest BCUT2D eigenvalue weighted by molar-refractivity contribution is -0.305. The third-order valence-electron chi connectivity index (χ3n) is 9.18. The van der Waals surface area contributed by atoms with Gasteiger partial charge in [0.05, 0.1) is 23.7 Å². The number of halogens is 1. The van der Waals surface area contributed by atoms with E-state index in [0.717, 1.165) is 37.9 Å². The molecule has 0 spiro atoms. The highest BCUT2D eigenvalue weighted by Crippen LogP contribution is 2.64. The lowest BCUT2D eigenvalue weighted by Gasteiger charge is -2.66. The molecule has 2 N–H and O–H groups in total. The topological polar surface area (TPSA) is 96.3 Å². The van der Waals surface area contributed by atoms with Crippen molar-refractivity contribution in [3.63, 3.8) is 0 Å². The molecule has 0 aromatic rings. The summed E-state index contributed by atoms with van der Waals surface area (Å²) in [5.41, 5.74) is -5.66. The molecule has 2 heterocycles. The number of hydrogen-bond acceptors (Lipinski definition) is 7. The fraction of sp³-hybridized carbons (Fsp3) is 0.778. The van der Waals surface area contributed by atoms with Gasteiger partial charge < -0.3 is 19.7 Å². The molecule has 7 nitrogen and oxygen atoms in total. The summed E-state index contributed by atoms with van der Waals surface area (Å²) in [6.45, 7) is 14.9. The van der Waals surface area contributed by atoms with Crippen LogP contribution >= 0.6 is 12.4 Å². The number of nitrogens with zero attached hydrogens (tertiary/aromatic N) is 1. The monoisotopic (exact) mass is 511 g/mol. The number of ketones is 1. The Morgan fingerprint density at radius 1 is 1.23 bits per heavy atom. The number of rotatable bonds is 4.